The van der Waals surface area contributed by atoms with Crippen molar-refractivity contribution in [2.45, 2.75) is 18.9 Å². The third kappa shape index (κ3) is 3.20. The Morgan fingerprint density at radius 1 is 1.14 bits per heavy atom. The number of hydrogen-bond donors (Lipinski definition) is 2. The normalized spacial score (nSPS) is 12.4. The first kappa shape index (κ1) is 14.0. The second-order valence-corrected chi connectivity index (χ2v) is 5.73. The molecule has 2 N–H and O–H groups in total. The van der Waals surface area contributed by atoms with Gasteiger partial charge in [-0.1, -0.05) is 30.3 Å². The average molecular weight is 299 g/mol. The van der Waals surface area contributed by atoms with Crippen LogP contribution < -0.4 is 5.32 Å². The predicted octanol–water partition coefficient (Wildman–Crippen LogP) is 3.62. The van der Waals surface area contributed by atoms with Crippen LogP contribution in [-0.2, 0) is 0 Å². The molecule has 4 nitrogen and oxygen atoms in total. The zero-order valence-electron chi connectivity index (χ0n) is 11.6. The summed E-state index contributed by atoms with van der Waals surface area (Å²) in [5, 5.41) is 15.7. The lowest BCUT2D eigenvalue weighted by Gasteiger charge is -2.20. The Hall–Kier alpha value is -1.98. The summed E-state index contributed by atoms with van der Waals surface area (Å²) in [5.74, 6) is 0.855. The molecular formula is C16H17N3OS. The molecule has 2 heterocycles. The molecule has 3 aromatic rings. The van der Waals surface area contributed by atoms with Gasteiger partial charge in [-0.05, 0) is 29.9 Å². The summed E-state index contributed by atoms with van der Waals surface area (Å²) in [6.45, 7) is 0.197. The molecule has 0 aliphatic heterocycles. The van der Waals surface area contributed by atoms with E-state index in [0.717, 1.165) is 28.9 Å². The van der Waals surface area contributed by atoms with E-state index in [-0.39, 0.29) is 12.6 Å². The molecule has 1 aromatic carbocycles. The number of nitrogens with one attached hydrogen (secondary N) is 1. The van der Waals surface area contributed by atoms with Gasteiger partial charge < -0.3 is 10.4 Å². The molecule has 1 atom stereocenters. The van der Waals surface area contributed by atoms with Gasteiger partial charge in [0.15, 0.2) is 0 Å². The molecule has 3 rings (SSSR count). The number of anilines is 1. The number of aliphatic hydroxyl groups excluding tert-OH is 1. The maximum atomic E-state index is 9.12. The largest absolute Gasteiger partial charge is 0.396 e. The van der Waals surface area contributed by atoms with E-state index in [0.29, 0.717) is 0 Å². The standard InChI is InChI=1S/C16H17N3OS/c20-9-4-7-14(12-5-2-1-3-6-12)19-15-13-8-10-21-16(13)18-11-17-15/h1-3,5-6,8,10-11,14,20H,4,7,9H2,(H,17,18,19). The number of thiophene rings is 1. The van der Waals surface area contributed by atoms with Gasteiger partial charge in [-0.15, -0.1) is 11.3 Å². The quantitative estimate of drug-likeness (QED) is 0.730. The number of benzene rings is 1. The summed E-state index contributed by atoms with van der Waals surface area (Å²) in [7, 11) is 0. The van der Waals surface area contributed by atoms with Gasteiger partial charge >= 0.3 is 0 Å². The van der Waals surface area contributed by atoms with Crippen molar-refractivity contribution in [3.8, 4) is 0 Å². The number of hydrogen-bond acceptors (Lipinski definition) is 5. The van der Waals surface area contributed by atoms with Crippen LogP contribution in [0.25, 0.3) is 10.2 Å². The highest BCUT2D eigenvalue weighted by atomic mass is 32.1. The summed E-state index contributed by atoms with van der Waals surface area (Å²) in [6, 6.07) is 12.4. The van der Waals surface area contributed by atoms with Crippen molar-refractivity contribution in [1.82, 2.24) is 9.97 Å². The van der Waals surface area contributed by atoms with Crippen LogP contribution >= 0.6 is 11.3 Å². The molecule has 0 radical (unpaired) electrons. The smallest absolute Gasteiger partial charge is 0.138 e. The fourth-order valence-electron chi connectivity index (χ4n) is 2.37. The van der Waals surface area contributed by atoms with Gasteiger partial charge in [0.25, 0.3) is 0 Å². The molecule has 0 saturated heterocycles. The van der Waals surface area contributed by atoms with Crippen molar-refractivity contribution in [2.75, 3.05) is 11.9 Å². The van der Waals surface area contributed by atoms with E-state index in [1.54, 1.807) is 17.7 Å². The zero-order chi connectivity index (χ0) is 14.5. The van der Waals surface area contributed by atoms with Crippen molar-refractivity contribution >= 4 is 27.4 Å². The molecule has 1 unspecified atom stereocenters. The minimum atomic E-state index is 0.136. The Bertz CT molecular complexity index is 699. The van der Waals surface area contributed by atoms with Crippen LogP contribution in [0.5, 0.6) is 0 Å². The van der Waals surface area contributed by atoms with Gasteiger partial charge in [0, 0.05) is 6.61 Å². The minimum absolute atomic E-state index is 0.136. The number of aliphatic hydroxyl groups is 1. The van der Waals surface area contributed by atoms with E-state index in [1.807, 2.05) is 29.6 Å². The molecule has 0 aliphatic carbocycles. The van der Waals surface area contributed by atoms with Crippen LogP contribution in [0.15, 0.2) is 48.1 Å². The lowest BCUT2D eigenvalue weighted by atomic mass is 10.0. The SMILES string of the molecule is OCCCC(Nc1ncnc2sccc12)c1ccccc1. The molecule has 0 saturated carbocycles. The Kier molecular flexibility index (Phi) is 4.43. The minimum Gasteiger partial charge on any atom is -0.396 e. The number of nitrogens with zero attached hydrogens (tertiary/aromatic N) is 2. The van der Waals surface area contributed by atoms with Crippen molar-refractivity contribution in [3.63, 3.8) is 0 Å². The summed E-state index contributed by atoms with van der Waals surface area (Å²) < 4.78 is 0. The van der Waals surface area contributed by atoms with E-state index < -0.39 is 0 Å². The van der Waals surface area contributed by atoms with Crippen molar-refractivity contribution in [1.29, 1.82) is 0 Å². The van der Waals surface area contributed by atoms with E-state index in [4.69, 9.17) is 5.11 Å². The summed E-state index contributed by atoms with van der Waals surface area (Å²) in [4.78, 5) is 9.63. The number of fused-ring (bicyclic) bond motifs is 1. The van der Waals surface area contributed by atoms with Gasteiger partial charge in [-0.25, -0.2) is 9.97 Å². The summed E-state index contributed by atoms with van der Waals surface area (Å²) in [6.07, 6.45) is 3.20. The Morgan fingerprint density at radius 3 is 2.81 bits per heavy atom. The average Bonchev–Trinajstić information content (AvgIpc) is 3.01. The Morgan fingerprint density at radius 2 is 2.00 bits per heavy atom. The van der Waals surface area contributed by atoms with Gasteiger partial charge in [0.2, 0.25) is 0 Å². The predicted molar refractivity (Wildman–Crippen MR) is 86.5 cm³/mol. The second-order valence-electron chi connectivity index (χ2n) is 4.84. The van der Waals surface area contributed by atoms with Crippen LogP contribution in [0.2, 0.25) is 0 Å². The fraction of sp³-hybridized carbons (Fsp3) is 0.250. The Labute approximate surface area is 127 Å². The number of rotatable bonds is 6. The molecule has 0 aliphatic rings. The lowest BCUT2D eigenvalue weighted by molar-refractivity contribution is 0.281. The van der Waals surface area contributed by atoms with Crippen LogP contribution in [0.1, 0.15) is 24.4 Å². The molecule has 0 fully saturated rings. The first-order valence-corrected chi connectivity index (χ1v) is 7.87. The highest BCUT2D eigenvalue weighted by molar-refractivity contribution is 7.16. The van der Waals surface area contributed by atoms with Crippen LogP contribution in [0.4, 0.5) is 5.82 Å². The highest BCUT2D eigenvalue weighted by Crippen LogP contribution is 2.28. The van der Waals surface area contributed by atoms with Crippen LogP contribution in [-0.4, -0.2) is 21.7 Å². The summed E-state index contributed by atoms with van der Waals surface area (Å²) >= 11 is 1.61. The van der Waals surface area contributed by atoms with E-state index in [9.17, 15) is 0 Å². The molecule has 5 heteroatoms. The molecular weight excluding hydrogens is 282 g/mol. The third-order valence-electron chi connectivity index (χ3n) is 3.43. The second kappa shape index (κ2) is 6.65. The van der Waals surface area contributed by atoms with Crippen molar-refractivity contribution in [2.24, 2.45) is 0 Å². The molecule has 0 bridgehead atoms. The van der Waals surface area contributed by atoms with E-state index >= 15 is 0 Å². The third-order valence-corrected chi connectivity index (χ3v) is 4.25. The molecule has 0 amide bonds. The van der Waals surface area contributed by atoms with Crippen LogP contribution in [0.3, 0.4) is 0 Å². The van der Waals surface area contributed by atoms with Gasteiger partial charge in [-0.3, -0.25) is 0 Å². The van der Waals surface area contributed by atoms with Gasteiger partial charge in [0.1, 0.15) is 17.0 Å². The molecule has 2 aromatic heterocycles. The molecule has 21 heavy (non-hydrogen) atoms. The van der Waals surface area contributed by atoms with Crippen molar-refractivity contribution < 1.29 is 5.11 Å². The maximum absolute atomic E-state index is 9.12. The highest BCUT2D eigenvalue weighted by Gasteiger charge is 2.13. The lowest BCUT2D eigenvalue weighted by Crippen LogP contribution is -2.12. The summed E-state index contributed by atoms with van der Waals surface area (Å²) in [5.41, 5.74) is 1.20. The van der Waals surface area contributed by atoms with Crippen molar-refractivity contribution in [3.05, 3.63) is 53.7 Å². The topological polar surface area (TPSA) is 58.0 Å². The zero-order valence-corrected chi connectivity index (χ0v) is 12.4. The van der Waals surface area contributed by atoms with Gasteiger partial charge in [0.05, 0.1) is 11.4 Å². The monoisotopic (exact) mass is 299 g/mol. The maximum Gasteiger partial charge on any atom is 0.138 e. The first-order chi connectivity index (χ1) is 10.4. The Balaban J connectivity index is 1.89. The van der Waals surface area contributed by atoms with Crippen LogP contribution in [0, 0.1) is 0 Å². The van der Waals surface area contributed by atoms with Gasteiger partial charge in [-0.2, -0.15) is 0 Å². The first-order valence-electron chi connectivity index (χ1n) is 6.99. The molecule has 108 valence electrons. The van der Waals surface area contributed by atoms with E-state index in [2.05, 4.69) is 27.4 Å². The molecule has 0 spiro atoms. The number of aromatic nitrogens is 2. The fourth-order valence-corrected chi connectivity index (χ4v) is 3.11. The van der Waals surface area contributed by atoms with E-state index in [1.165, 1.54) is 5.56 Å².